The molecule has 0 aliphatic rings. The van der Waals surface area contributed by atoms with Gasteiger partial charge in [-0.25, -0.2) is 0 Å². The SMILES string of the molecule is C=C(C)COC(C)Oc1ccc(C(C)(C)c2ccc(OC(C)OCC(=C)C)c(Br)c2)cc1Br. The molecule has 2 rings (SSSR count). The van der Waals surface area contributed by atoms with Crippen LogP contribution in [0.25, 0.3) is 0 Å². The molecule has 2 unspecified atom stereocenters. The van der Waals surface area contributed by atoms with Crippen molar-refractivity contribution in [3.8, 4) is 11.5 Å². The van der Waals surface area contributed by atoms with Crippen LogP contribution in [-0.2, 0) is 14.9 Å². The molecule has 0 aliphatic carbocycles. The van der Waals surface area contributed by atoms with Gasteiger partial charge in [0.25, 0.3) is 0 Å². The molecule has 180 valence electrons. The lowest BCUT2D eigenvalue weighted by Gasteiger charge is -2.28. The van der Waals surface area contributed by atoms with Gasteiger partial charge in [-0.05, 0) is 94.9 Å². The molecule has 0 saturated heterocycles. The molecule has 33 heavy (non-hydrogen) atoms. The maximum atomic E-state index is 5.92. The van der Waals surface area contributed by atoms with Crippen molar-refractivity contribution in [3.63, 3.8) is 0 Å². The summed E-state index contributed by atoms with van der Waals surface area (Å²) in [5, 5.41) is 0. The van der Waals surface area contributed by atoms with Crippen LogP contribution in [0.15, 0.2) is 69.6 Å². The first-order valence-corrected chi connectivity index (χ1v) is 12.4. The molecule has 0 bridgehead atoms. The van der Waals surface area contributed by atoms with Crippen LogP contribution in [0, 0.1) is 0 Å². The molecule has 4 nitrogen and oxygen atoms in total. The summed E-state index contributed by atoms with van der Waals surface area (Å²) in [5.41, 5.74) is 3.97. The third-order valence-corrected chi connectivity index (χ3v) is 6.26. The van der Waals surface area contributed by atoms with Gasteiger partial charge in [-0.3, -0.25) is 0 Å². The van der Waals surface area contributed by atoms with Gasteiger partial charge in [-0.1, -0.05) is 50.3 Å². The summed E-state index contributed by atoms with van der Waals surface area (Å²) in [6.45, 7) is 20.6. The first-order chi connectivity index (χ1) is 15.4. The van der Waals surface area contributed by atoms with Crippen LogP contribution in [0.2, 0.25) is 0 Å². The van der Waals surface area contributed by atoms with Crippen LogP contribution in [0.1, 0.15) is 52.7 Å². The van der Waals surface area contributed by atoms with Gasteiger partial charge in [0, 0.05) is 5.41 Å². The van der Waals surface area contributed by atoms with Gasteiger partial charge in [-0.2, -0.15) is 0 Å². The van der Waals surface area contributed by atoms with E-state index in [2.05, 4.69) is 83.1 Å². The van der Waals surface area contributed by atoms with Crippen LogP contribution < -0.4 is 9.47 Å². The number of rotatable bonds is 12. The van der Waals surface area contributed by atoms with Crippen molar-refractivity contribution in [1.29, 1.82) is 0 Å². The number of benzene rings is 2. The number of hydrogen-bond acceptors (Lipinski definition) is 4. The maximum Gasteiger partial charge on any atom is 0.197 e. The maximum absolute atomic E-state index is 5.92. The second-order valence-electron chi connectivity index (χ2n) is 8.82. The highest BCUT2D eigenvalue weighted by Crippen LogP contribution is 2.39. The molecule has 0 radical (unpaired) electrons. The summed E-state index contributed by atoms with van der Waals surface area (Å²) in [4.78, 5) is 0. The highest BCUT2D eigenvalue weighted by atomic mass is 79.9. The van der Waals surface area contributed by atoms with E-state index >= 15 is 0 Å². The fourth-order valence-electron chi connectivity index (χ4n) is 3.08. The van der Waals surface area contributed by atoms with Gasteiger partial charge in [0.1, 0.15) is 11.5 Å². The van der Waals surface area contributed by atoms with Crippen LogP contribution in [0.5, 0.6) is 11.5 Å². The molecule has 0 N–H and O–H groups in total. The Balaban J connectivity index is 2.15. The van der Waals surface area contributed by atoms with Crippen molar-refractivity contribution in [2.75, 3.05) is 13.2 Å². The zero-order valence-electron chi connectivity index (χ0n) is 20.3. The van der Waals surface area contributed by atoms with Gasteiger partial charge in [-0.15, -0.1) is 0 Å². The van der Waals surface area contributed by atoms with Crippen LogP contribution >= 0.6 is 31.9 Å². The lowest BCUT2D eigenvalue weighted by Crippen LogP contribution is -2.21. The molecule has 0 aliphatic heterocycles. The van der Waals surface area contributed by atoms with Crippen molar-refractivity contribution >= 4 is 31.9 Å². The van der Waals surface area contributed by atoms with E-state index in [9.17, 15) is 0 Å². The molecule has 6 heteroatoms. The monoisotopic (exact) mass is 580 g/mol. The lowest BCUT2D eigenvalue weighted by molar-refractivity contribution is -0.0579. The van der Waals surface area contributed by atoms with Crippen molar-refractivity contribution in [2.45, 2.75) is 59.5 Å². The van der Waals surface area contributed by atoms with Crippen molar-refractivity contribution in [1.82, 2.24) is 0 Å². The average Bonchev–Trinajstić information content (AvgIpc) is 2.73. The Morgan fingerprint density at radius 1 is 0.788 bits per heavy atom. The van der Waals surface area contributed by atoms with E-state index in [1.54, 1.807) is 0 Å². The number of halogens is 2. The van der Waals surface area contributed by atoms with Crippen molar-refractivity contribution < 1.29 is 18.9 Å². The van der Waals surface area contributed by atoms with Crippen LogP contribution in [0.4, 0.5) is 0 Å². The molecule has 0 fully saturated rings. The summed E-state index contributed by atoms with van der Waals surface area (Å²) < 4.78 is 24.9. The first-order valence-electron chi connectivity index (χ1n) is 10.9. The lowest BCUT2D eigenvalue weighted by atomic mass is 9.78. The molecule has 0 amide bonds. The second-order valence-corrected chi connectivity index (χ2v) is 10.5. The Kier molecular flexibility index (Phi) is 10.2. The summed E-state index contributed by atoms with van der Waals surface area (Å²) in [7, 11) is 0. The van der Waals surface area contributed by atoms with E-state index in [-0.39, 0.29) is 18.0 Å². The molecule has 0 spiro atoms. The normalized spacial score (nSPS) is 13.3. The van der Waals surface area contributed by atoms with E-state index in [0.29, 0.717) is 13.2 Å². The first kappa shape index (κ1) is 27.6. The van der Waals surface area contributed by atoms with Crippen molar-refractivity contribution in [2.24, 2.45) is 0 Å². The Bertz CT molecular complexity index is 907. The van der Waals surface area contributed by atoms with Gasteiger partial charge < -0.3 is 18.9 Å². The third-order valence-electron chi connectivity index (χ3n) is 5.02. The standard InChI is InChI=1S/C27H34Br2O4/c1-17(2)15-30-19(5)32-25-11-9-21(13-23(25)28)27(7,8)22-10-12-26(24(29)14-22)33-20(6)31-16-18(3)4/h9-14,19-20H,1,3,15-16H2,2,4-8H3. The Hall–Kier alpha value is -1.60. The molecule has 0 saturated carbocycles. The minimum Gasteiger partial charge on any atom is -0.464 e. The molecule has 2 atom stereocenters. The quantitative estimate of drug-likeness (QED) is 0.187. The second kappa shape index (κ2) is 12.2. The molecule has 2 aromatic rings. The van der Waals surface area contributed by atoms with Gasteiger partial charge in [0.05, 0.1) is 22.2 Å². The smallest absolute Gasteiger partial charge is 0.197 e. The van der Waals surface area contributed by atoms with E-state index in [1.165, 1.54) is 0 Å². The summed E-state index contributed by atoms with van der Waals surface area (Å²) >= 11 is 7.30. The summed E-state index contributed by atoms with van der Waals surface area (Å²) in [6.07, 6.45) is -0.746. The predicted octanol–water partition coefficient (Wildman–Crippen LogP) is 8.17. The Labute approximate surface area is 215 Å². The van der Waals surface area contributed by atoms with Gasteiger partial charge >= 0.3 is 0 Å². The number of hydrogen-bond donors (Lipinski definition) is 0. The number of ether oxygens (including phenoxy) is 4. The van der Waals surface area contributed by atoms with Crippen LogP contribution in [-0.4, -0.2) is 25.8 Å². The largest absolute Gasteiger partial charge is 0.464 e. The highest BCUT2D eigenvalue weighted by Gasteiger charge is 2.25. The van der Waals surface area contributed by atoms with Crippen molar-refractivity contribution in [3.05, 3.63) is 80.8 Å². The fourth-order valence-corrected chi connectivity index (χ4v) is 4.03. The van der Waals surface area contributed by atoms with Gasteiger partial charge in [0.2, 0.25) is 0 Å². The Morgan fingerprint density at radius 3 is 1.45 bits per heavy atom. The van der Waals surface area contributed by atoms with Crippen LogP contribution in [0.3, 0.4) is 0 Å². The van der Waals surface area contributed by atoms with E-state index < -0.39 is 0 Å². The molecule has 0 heterocycles. The minimum absolute atomic E-state index is 0.244. The van der Waals surface area contributed by atoms with E-state index in [1.807, 2.05) is 39.8 Å². The predicted molar refractivity (Wildman–Crippen MR) is 142 cm³/mol. The van der Waals surface area contributed by atoms with E-state index in [0.717, 1.165) is 42.7 Å². The summed E-state index contributed by atoms with van der Waals surface area (Å²) in [6, 6.07) is 12.3. The molecular weight excluding hydrogens is 548 g/mol. The zero-order chi connectivity index (χ0) is 24.8. The average molecular weight is 582 g/mol. The molecule has 0 aromatic heterocycles. The molecule has 2 aromatic carbocycles. The third kappa shape index (κ3) is 8.29. The highest BCUT2D eigenvalue weighted by molar-refractivity contribution is 9.10. The van der Waals surface area contributed by atoms with E-state index in [4.69, 9.17) is 18.9 Å². The molecular formula is C27H34Br2O4. The fraction of sp³-hybridized carbons (Fsp3) is 0.407. The minimum atomic E-state index is -0.373. The summed E-state index contributed by atoms with van der Waals surface area (Å²) in [5.74, 6) is 1.47. The topological polar surface area (TPSA) is 36.9 Å². The van der Waals surface area contributed by atoms with Gasteiger partial charge in [0.15, 0.2) is 12.6 Å². The Morgan fingerprint density at radius 2 is 1.15 bits per heavy atom. The zero-order valence-corrected chi connectivity index (χ0v) is 23.5.